The zero-order chi connectivity index (χ0) is 21.9. The van der Waals surface area contributed by atoms with Gasteiger partial charge in [0.25, 0.3) is 0 Å². The SMILES string of the molecule is COc1ncccc1-c1nccnc1Oc1ccc(Cc2nc3ccc(F)cc3[nH]2)cc1. The number of hydrogen-bond donors (Lipinski definition) is 1. The highest BCUT2D eigenvalue weighted by Crippen LogP contribution is 2.33. The largest absolute Gasteiger partial charge is 0.481 e. The molecule has 5 rings (SSSR count). The average Bonchev–Trinajstić information content (AvgIpc) is 3.22. The van der Waals surface area contributed by atoms with Crippen molar-refractivity contribution in [3.8, 4) is 28.8 Å². The standard InChI is InChI=1S/C24H18FN5O2/c1-31-23-18(3-2-10-27-23)22-24(28-12-11-26-22)32-17-7-4-15(5-8-17)13-21-29-19-9-6-16(25)14-20(19)30-21/h2-12,14H,13H2,1H3,(H,29,30). The number of pyridine rings is 1. The summed E-state index contributed by atoms with van der Waals surface area (Å²) in [5.74, 6) is 1.88. The van der Waals surface area contributed by atoms with E-state index in [9.17, 15) is 4.39 Å². The minimum atomic E-state index is -0.290. The van der Waals surface area contributed by atoms with Crippen molar-refractivity contribution in [1.29, 1.82) is 0 Å². The zero-order valence-electron chi connectivity index (χ0n) is 17.1. The number of imidazole rings is 1. The van der Waals surface area contributed by atoms with Gasteiger partial charge in [-0.15, -0.1) is 0 Å². The number of methoxy groups -OCH3 is 1. The number of H-pyrrole nitrogens is 1. The van der Waals surface area contributed by atoms with Gasteiger partial charge < -0.3 is 14.5 Å². The fourth-order valence-corrected chi connectivity index (χ4v) is 3.42. The molecule has 0 unspecified atom stereocenters. The molecule has 0 atom stereocenters. The molecule has 8 heteroatoms. The molecule has 0 aliphatic rings. The maximum absolute atomic E-state index is 13.4. The number of fused-ring (bicyclic) bond motifs is 1. The van der Waals surface area contributed by atoms with Crippen molar-refractivity contribution in [2.45, 2.75) is 6.42 Å². The summed E-state index contributed by atoms with van der Waals surface area (Å²) >= 11 is 0. The molecule has 0 aliphatic carbocycles. The Morgan fingerprint density at radius 3 is 2.56 bits per heavy atom. The van der Waals surface area contributed by atoms with Crippen LogP contribution in [-0.4, -0.2) is 32.0 Å². The van der Waals surface area contributed by atoms with Crippen LogP contribution in [0.15, 0.2) is 73.2 Å². The number of hydrogen-bond acceptors (Lipinski definition) is 6. The van der Waals surface area contributed by atoms with Crippen molar-refractivity contribution in [3.05, 3.63) is 90.4 Å². The molecule has 0 saturated heterocycles. The van der Waals surface area contributed by atoms with Gasteiger partial charge in [0.05, 0.1) is 23.7 Å². The van der Waals surface area contributed by atoms with Gasteiger partial charge in [0.1, 0.15) is 23.1 Å². The Morgan fingerprint density at radius 2 is 1.72 bits per heavy atom. The highest BCUT2D eigenvalue weighted by molar-refractivity contribution is 5.75. The molecule has 5 aromatic rings. The summed E-state index contributed by atoms with van der Waals surface area (Å²) in [6, 6.07) is 15.8. The van der Waals surface area contributed by atoms with Crippen LogP contribution in [0, 0.1) is 5.82 Å². The fourth-order valence-electron chi connectivity index (χ4n) is 3.42. The lowest BCUT2D eigenvalue weighted by atomic mass is 10.1. The molecule has 2 aromatic carbocycles. The first-order valence-electron chi connectivity index (χ1n) is 9.91. The number of ether oxygens (including phenoxy) is 2. The van der Waals surface area contributed by atoms with E-state index in [1.807, 2.05) is 30.3 Å². The zero-order valence-corrected chi connectivity index (χ0v) is 17.1. The third-order valence-corrected chi connectivity index (χ3v) is 4.89. The van der Waals surface area contributed by atoms with E-state index in [-0.39, 0.29) is 5.82 Å². The summed E-state index contributed by atoms with van der Waals surface area (Å²) in [6.07, 6.45) is 5.40. The van der Waals surface area contributed by atoms with Crippen molar-refractivity contribution in [2.75, 3.05) is 7.11 Å². The minimum absolute atomic E-state index is 0.290. The monoisotopic (exact) mass is 427 g/mol. The number of aromatic nitrogens is 5. The van der Waals surface area contributed by atoms with Crippen LogP contribution in [0.25, 0.3) is 22.3 Å². The summed E-state index contributed by atoms with van der Waals surface area (Å²) in [6.45, 7) is 0. The first-order valence-corrected chi connectivity index (χ1v) is 9.91. The Hall–Kier alpha value is -4.33. The second-order valence-electron chi connectivity index (χ2n) is 7.04. The molecule has 0 bridgehead atoms. The maximum Gasteiger partial charge on any atom is 0.246 e. The van der Waals surface area contributed by atoms with Gasteiger partial charge in [-0.2, -0.15) is 0 Å². The predicted octanol–water partition coefficient (Wildman–Crippen LogP) is 4.95. The molecule has 32 heavy (non-hydrogen) atoms. The topological polar surface area (TPSA) is 85.8 Å². The minimum Gasteiger partial charge on any atom is -0.481 e. The van der Waals surface area contributed by atoms with E-state index in [1.54, 1.807) is 37.8 Å². The molecule has 0 fully saturated rings. The molecule has 7 nitrogen and oxygen atoms in total. The molecule has 158 valence electrons. The summed E-state index contributed by atoms with van der Waals surface area (Å²) in [5.41, 5.74) is 3.68. The van der Waals surface area contributed by atoms with E-state index >= 15 is 0 Å². The van der Waals surface area contributed by atoms with Crippen molar-refractivity contribution < 1.29 is 13.9 Å². The molecule has 3 aromatic heterocycles. The normalized spacial score (nSPS) is 10.9. The van der Waals surface area contributed by atoms with Crippen LogP contribution in [0.2, 0.25) is 0 Å². The van der Waals surface area contributed by atoms with E-state index in [0.29, 0.717) is 40.7 Å². The Morgan fingerprint density at radius 1 is 0.906 bits per heavy atom. The van der Waals surface area contributed by atoms with E-state index in [0.717, 1.165) is 16.9 Å². The van der Waals surface area contributed by atoms with Crippen LogP contribution in [0.3, 0.4) is 0 Å². The van der Waals surface area contributed by atoms with Gasteiger partial charge >= 0.3 is 0 Å². The lowest BCUT2D eigenvalue weighted by molar-refractivity contribution is 0.398. The summed E-state index contributed by atoms with van der Waals surface area (Å²) in [7, 11) is 1.56. The highest BCUT2D eigenvalue weighted by atomic mass is 19.1. The fraction of sp³-hybridized carbons (Fsp3) is 0.0833. The second-order valence-corrected chi connectivity index (χ2v) is 7.04. The Labute approximate surface area is 182 Å². The van der Waals surface area contributed by atoms with Crippen LogP contribution < -0.4 is 9.47 Å². The van der Waals surface area contributed by atoms with E-state index in [4.69, 9.17) is 9.47 Å². The van der Waals surface area contributed by atoms with Gasteiger partial charge in [-0.3, -0.25) is 0 Å². The highest BCUT2D eigenvalue weighted by Gasteiger charge is 2.15. The van der Waals surface area contributed by atoms with Gasteiger partial charge in [-0.05, 0) is 48.0 Å². The predicted molar refractivity (Wildman–Crippen MR) is 117 cm³/mol. The lowest BCUT2D eigenvalue weighted by Crippen LogP contribution is -1.97. The molecule has 0 aliphatic heterocycles. The van der Waals surface area contributed by atoms with Crippen molar-refractivity contribution >= 4 is 11.0 Å². The number of halogens is 1. The number of nitrogens with one attached hydrogen (secondary N) is 1. The average molecular weight is 427 g/mol. The lowest BCUT2D eigenvalue weighted by Gasteiger charge is -2.11. The first-order chi connectivity index (χ1) is 15.7. The Balaban J connectivity index is 1.36. The summed E-state index contributed by atoms with van der Waals surface area (Å²) in [5, 5.41) is 0. The van der Waals surface area contributed by atoms with E-state index in [2.05, 4.69) is 24.9 Å². The number of rotatable bonds is 6. The Bertz CT molecular complexity index is 1390. The first kappa shape index (κ1) is 19.6. The van der Waals surface area contributed by atoms with Crippen LogP contribution in [-0.2, 0) is 6.42 Å². The molecule has 0 amide bonds. The summed E-state index contributed by atoms with van der Waals surface area (Å²) in [4.78, 5) is 20.6. The smallest absolute Gasteiger partial charge is 0.246 e. The molecular weight excluding hydrogens is 409 g/mol. The van der Waals surface area contributed by atoms with Crippen LogP contribution >= 0.6 is 0 Å². The second kappa shape index (κ2) is 8.43. The van der Waals surface area contributed by atoms with Gasteiger partial charge in [-0.1, -0.05) is 12.1 Å². The number of benzene rings is 2. The van der Waals surface area contributed by atoms with Crippen LogP contribution in [0.5, 0.6) is 17.5 Å². The molecule has 1 N–H and O–H groups in total. The van der Waals surface area contributed by atoms with Gasteiger partial charge in [0, 0.05) is 25.0 Å². The Kier molecular flexibility index (Phi) is 5.17. The third kappa shape index (κ3) is 3.98. The number of aromatic amines is 1. The van der Waals surface area contributed by atoms with E-state index in [1.165, 1.54) is 12.1 Å². The maximum atomic E-state index is 13.4. The van der Waals surface area contributed by atoms with Crippen molar-refractivity contribution in [2.24, 2.45) is 0 Å². The van der Waals surface area contributed by atoms with Gasteiger partial charge in [0.2, 0.25) is 11.8 Å². The van der Waals surface area contributed by atoms with E-state index < -0.39 is 0 Å². The molecule has 0 saturated carbocycles. The summed E-state index contributed by atoms with van der Waals surface area (Å²) < 4.78 is 24.7. The molecule has 0 spiro atoms. The van der Waals surface area contributed by atoms with Crippen LogP contribution in [0.4, 0.5) is 4.39 Å². The molecule has 0 radical (unpaired) electrons. The molecular formula is C24H18FN5O2. The third-order valence-electron chi connectivity index (χ3n) is 4.89. The van der Waals surface area contributed by atoms with Crippen LogP contribution in [0.1, 0.15) is 11.4 Å². The van der Waals surface area contributed by atoms with Crippen molar-refractivity contribution in [1.82, 2.24) is 24.9 Å². The van der Waals surface area contributed by atoms with Gasteiger partial charge in [0.15, 0.2) is 0 Å². The van der Waals surface area contributed by atoms with Gasteiger partial charge in [-0.25, -0.2) is 24.3 Å². The van der Waals surface area contributed by atoms with Crippen molar-refractivity contribution in [3.63, 3.8) is 0 Å². The molecule has 3 heterocycles. The quantitative estimate of drug-likeness (QED) is 0.413. The number of nitrogens with zero attached hydrogens (tertiary/aromatic N) is 4.